The Kier molecular flexibility index (Phi) is 8.40. The van der Waals surface area contributed by atoms with Crippen molar-refractivity contribution in [2.24, 2.45) is 5.41 Å². The topological polar surface area (TPSA) is 108 Å². The number of carbonyl (C=O) groups is 4. The maximum atomic E-state index is 12.5. The Hall–Kier alpha value is -2.42. The number of hydroxylamine groups is 2. The summed E-state index contributed by atoms with van der Waals surface area (Å²) in [7, 11) is 0. The van der Waals surface area contributed by atoms with Gasteiger partial charge < -0.3 is 15.5 Å². The summed E-state index contributed by atoms with van der Waals surface area (Å²) in [5.41, 5.74) is 0.579. The number of likely N-dealkylation sites (tertiary alicyclic amines) is 1. The third kappa shape index (κ3) is 7.44. The van der Waals surface area contributed by atoms with Gasteiger partial charge in [0.25, 0.3) is 5.91 Å². The van der Waals surface area contributed by atoms with E-state index in [4.69, 9.17) is 4.84 Å². The van der Waals surface area contributed by atoms with Gasteiger partial charge in [0.2, 0.25) is 11.8 Å². The maximum absolute atomic E-state index is 12.5. The lowest BCUT2D eigenvalue weighted by Gasteiger charge is -2.30. The van der Waals surface area contributed by atoms with E-state index in [2.05, 4.69) is 42.9 Å². The molecule has 0 bridgehead atoms. The Morgan fingerprint density at radius 1 is 1.13 bits per heavy atom. The molecule has 2 heterocycles. The molecule has 168 valence electrons. The van der Waals surface area contributed by atoms with Gasteiger partial charge in [-0.05, 0) is 31.2 Å². The van der Waals surface area contributed by atoms with E-state index in [0.29, 0.717) is 12.1 Å². The average Bonchev–Trinajstić information content (AvgIpc) is 3.21. The molecular formula is C21H34N4O5. The molecule has 2 aliphatic rings. The lowest BCUT2D eigenvalue weighted by Crippen LogP contribution is -2.46. The summed E-state index contributed by atoms with van der Waals surface area (Å²) in [6.07, 6.45) is 2.67. The summed E-state index contributed by atoms with van der Waals surface area (Å²) in [6, 6.07) is -0.134. The highest BCUT2D eigenvalue weighted by atomic mass is 16.7. The van der Waals surface area contributed by atoms with Crippen molar-refractivity contribution in [2.45, 2.75) is 65.3 Å². The molecule has 2 fully saturated rings. The molecule has 0 aromatic heterocycles. The fourth-order valence-electron chi connectivity index (χ4n) is 3.62. The third-order valence-electron chi connectivity index (χ3n) is 4.98. The zero-order valence-corrected chi connectivity index (χ0v) is 18.3. The Balaban J connectivity index is 1.60. The lowest BCUT2D eigenvalue weighted by atomic mass is 10.3. The molecule has 0 radical (unpaired) electrons. The van der Waals surface area contributed by atoms with Crippen LogP contribution in [0.4, 0.5) is 0 Å². The van der Waals surface area contributed by atoms with Crippen LogP contribution in [0.15, 0.2) is 12.3 Å². The summed E-state index contributed by atoms with van der Waals surface area (Å²) in [6.45, 7) is 12.2. The normalized spacial score (nSPS) is 19.8. The molecule has 9 heteroatoms. The van der Waals surface area contributed by atoms with E-state index in [0.717, 1.165) is 31.0 Å². The average molecular weight is 431 g/mol. The maximum Gasteiger partial charge on any atom is 0.334 e. The van der Waals surface area contributed by atoms with Crippen LogP contribution in [0.2, 0.25) is 0 Å². The number of carbonyl (C=O) groups excluding carboxylic acids is 4. The largest absolute Gasteiger partial charge is 0.355 e. The summed E-state index contributed by atoms with van der Waals surface area (Å²) in [4.78, 5) is 54.9. The quantitative estimate of drug-likeness (QED) is 0.418. The molecule has 2 aliphatic heterocycles. The minimum atomic E-state index is -0.611. The van der Waals surface area contributed by atoms with Crippen LogP contribution < -0.4 is 10.6 Å². The SMILES string of the molecule is C=C1CCC(=O)N1OC(=O)CC[15NH][13C](=O)CCNC(=O)[13CH]1CCC[15N]1[13CH2][13C]([13CH3])([13CH3])[13CH3]. The zero-order valence-electron chi connectivity index (χ0n) is 18.3. The molecule has 2 rings (SSSR count). The Morgan fingerprint density at radius 2 is 1.83 bits per heavy atom. The molecule has 1 atom stereocenters. The van der Waals surface area contributed by atoms with Crippen LogP contribution in [0.5, 0.6) is 0 Å². The highest BCUT2D eigenvalue weighted by Crippen LogP contribution is 2.24. The van der Waals surface area contributed by atoms with E-state index >= 15 is 0 Å². The van der Waals surface area contributed by atoms with Crippen molar-refractivity contribution >= 4 is 23.7 Å². The number of nitrogens with zero attached hydrogens (tertiary/aromatic N) is 2. The summed E-state index contributed by atoms with van der Waals surface area (Å²) in [5.74, 6) is -1.21. The van der Waals surface area contributed by atoms with E-state index in [-0.39, 0.29) is 61.5 Å². The van der Waals surface area contributed by atoms with Gasteiger partial charge in [0, 0.05) is 32.5 Å². The minimum absolute atomic E-state index is 0.0383. The van der Waals surface area contributed by atoms with Crippen molar-refractivity contribution in [1.82, 2.24) is 20.6 Å². The van der Waals surface area contributed by atoms with Crippen LogP contribution in [0, 0.1) is 5.41 Å². The zero-order chi connectivity index (χ0) is 22.3. The molecule has 2 saturated heterocycles. The van der Waals surface area contributed by atoms with Crippen LogP contribution in [0.25, 0.3) is 0 Å². The van der Waals surface area contributed by atoms with Crippen molar-refractivity contribution < 1.29 is 24.0 Å². The minimum Gasteiger partial charge on any atom is -0.355 e. The van der Waals surface area contributed by atoms with Gasteiger partial charge in [0.05, 0.1) is 18.2 Å². The van der Waals surface area contributed by atoms with E-state index in [1.165, 1.54) is 0 Å². The second-order valence-corrected chi connectivity index (χ2v) is 9.05. The van der Waals surface area contributed by atoms with Crippen molar-refractivity contribution in [1.29, 1.82) is 0 Å². The third-order valence-corrected chi connectivity index (χ3v) is 4.98. The molecule has 0 aromatic rings. The summed E-state index contributed by atoms with van der Waals surface area (Å²) >= 11 is 0. The Morgan fingerprint density at radius 3 is 2.47 bits per heavy atom. The van der Waals surface area contributed by atoms with Gasteiger partial charge in [-0.15, -0.1) is 5.06 Å². The van der Waals surface area contributed by atoms with Crippen LogP contribution in [-0.2, 0) is 24.0 Å². The monoisotopic (exact) mass is 431 g/mol. The first-order chi connectivity index (χ1) is 14.1. The predicted molar refractivity (Wildman–Crippen MR) is 111 cm³/mol. The molecule has 0 aliphatic carbocycles. The van der Waals surface area contributed by atoms with Crippen molar-refractivity contribution in [3.05, 3.63) is 12.3 Å². The Bertz CT molecular complexity index is 669. The van der Waals surface area contributed by atoms with E-state index in [1.807, 2.05) is 0 Å². The fourth-order valence-corrected chi connectivity index (χ4v) is 3.62. The predicted octanol–water partition coefficient (Wildman–Crippen LogP) is 1.10. The molecule has 30 heavy (non-hydrogen) atoms. The number of hydrogen-bond donors (Lipinski definition) is 2. The number of hydrogen-bond acceptors (Lipinski definition) is 6. The number of rotatable bonds is 9. The molecular weight excluding hydrogens is 397 g/mol. The van der Waals surface area contributed by atoms with Gasteiger partial charge in [-0.25, -0.2) is 4.79 Å². The number of allylic oxidation sites excluding steroid dienone is 1. The van der Waals surface area contributed by atoms with Gasteiger partial charge in [-0.3, -0.25) is 19.3 Å². The van der Waals surface area contributed by atoms with Crippen molar-refractivity contribution in [3.63, 3.8) is 0 Å². The van der Waals surface area contributed by atoms with Crippen molar-refractivity contribution in [3.8, 4) is 0 Å². The van der Waals surface area contributed by atoms with Crippen LogP contribution >= 0.6 is 0 Å². The van der Waals surface area contributed by atoms with Gasteiger partial charge >= 0.3 is 5.97 Å². The van der Waals surface area contributed by atoms with Gasteiger partial charge in [0.15, 0.2) is 0 Å². The molecule has 1 unspecified atom stereocenters. The second-order valence-electron chi connectivity index (χ2n) is 9.05. The van der Waals surface area contributed by atoms with Gasteiger partial charge in [-0.1, -0.05) is 27.4 Å². The standard InChI is InChI=1S/C21H34N4O5/c1-15-7-8-18(27)25(15)30-19(28)10-12-22-17(26)9-11-23-20(29)16-6-5-13-24(16)14-21(2,3)4/h16H,1,5-14H2,2-4H3,(H,22,26)(H,23,29)/i2+1,3+1,4+1,14+1,16+1,17+1,21+1,22+1,24+1. The first-order valence-electron chi connectivity index (χ1n) is 10.6. The second kappa shape index (κ2) is 10.6. The highest BCUT2D eigenvalue weighted by molar-refractivity contribution is 5.83. The molecule has 0 aromatic carbocycles. The molecule has 0 saturated carbocycles. The van der Waals surface area contributed by atoms with Crippen LogP contribution in [0.3, 0.4) is 0 Å². The lowest BCUT2D eigenvalue weighted by molar-refractivity contribution is -0.186. The fraction of sp³-hybridized carbons (Fsp3) is 0.714. The first kappa shape index (κ1) is 23.9. The molecule has 2 N–H and O–H groups in total. The van der Waals surface area contributed by atoms with Crippen LogP contribution in [0.1, 0.15) is 59.3 Å². The van der Waals surface area contributed by atoms with Gasteiger partial charge in [0.1, 0.15) is 0 Å². The van der Waals surface area contributed by atoms with Crippen LogP contribution in [-0.4, -0.2) is 65.9 Å². The van der Waals surface area contributed by atoms with Crippen molar-refractivity contribution in [2.75, 3.05) is 26.2 Å². The summed E-state index contributed by atoms with van der Waals surface area (Å²) < 4.78 is 0. The van der Waals surface area contributed by atoms with E-state index < -0.39 is 5.97 Å². The molecule has 3 amide bonds. The highest BCUT2D eigenvalue weighted by Gasteiger charge is 2.32. The number of nitrogens with one attached hydrogen (secondary N) is 2. The first-order valence-corrected chi connectivity index (χ1v) is 10.6. The van der Waals surface area contributed by atoms with E-state index in [1.54, 1.807) is 0 Å². The molecule has 0 spiro atoms. The Labute approximate surface area is 178 Å². The summed E-state index contributed by atoms with van der Waals surface area (Å²) in [5, 5.41) is 6.38. The number of amides is 3. The smallest absolute Gasteiger partial charge is 0.334 e. The van der Waals surface area contributed by atoms with E-state index in [9.17, 15) is 19.2 Å². The molecule has 9 nitrogen and oxygen atoms in total. The van der Waals surface area contributed by atoms with Gasteiger partial charge in [-0.2, -0.15) is 0 Å².